The molecule has 0 aliphatic carbocycles. The van der Waals surface area contributed by atoms with Gasteiger partial charge in [-0.05, 0) is 24.5 Å². The number of carbonyl (C=O) groups excluding carboxylic acids is 1. The Hall–Kier alpha value is -1.83. The van der Waals surface area contributed by atoms with Gasteiger partial charge in [0, 0.05) is 18.7 Å². The maximum Gasteiger partial charge on any atom is 0.252 e. The zero-order valence-electron chi connectivity index (χ0n) is 12.7. The standard InChI is InChI=1S/C17H23NO3/c1-14(2)9-12-21-13-10-18-17(20)16-8-4-3-6-15(16)7-5-11-19/h3-4,6,8,14,19H,9-13H2,1-2H3,(H,18,20). The summed E-state index contributed by atoms with van der Waals surface area (Å²) in [5, 5.41) is 11.5. The summed E-state index contributed by atoms with van der Waals surface area (Å²) in [7, 11) is 0. The minimum Gasteiger partial charge on any atom is -0.384 e. The van der Waals surface area contributed by atoms with E-state index in [4.69, 9.17) is 9.84 Å². The molecule has 21 heavy (non-hydrogen) atoms. The molecule has 0 fully saturated rings. The molecular formula is C17H23NO3. The van der Waals surface area contributed by atoms with Crippen LogP contribution < -0.4 is 5.32 Å². The van der Waals surface area contributed by atoms with E-state index >= 15 is 0 Å². The molecule has 0 saturated carbocycles. The van der Waals surface area contributed by atoms with E-state index in [0.29, 0.717) is 36.8 Å². The molecule has 2 N–H and O–H groups in total. The number of benzene rings is 1. The van der Waals surface area contributed by atoms with Gasteiger partial charge in [-0.15, -0.1) is 0 Å². The molecule has 0 spiro atoms. The van der Waals surface area contributed by atoms with E-state index < -0.39 is 0 Å². The third-order valence-corrected chi connectivity index (χ3v) is 2.85. The van der Waals surface area contributed by atoms with Crippen LogP contribution in [0.25, 0.3) is 0 Å². The number of hydrogen-bond acceptors (Lipinski definition) is 3. The zero-order valence-corrected chi connectivity index (χ0v) is 12.7. The highest BCUT2D eigenvalue weighted by molar-refractivity contribution is 5.96. The second-order valence-electron chi connectivity index (χ2n) is 5.06. The van der Waals surface area contributed by atoms with Crippen molar-refractivity contribution in [1.29, 1.82) is 0 Å². The molecule has 0 atom stereocenters. The Labute approximate surface area is 126 Å². The average Bonchev–Trinajstić information content (AvgIpc) is 2.48. The van der Waals surface area contributed by atoms with Crippen molar-refractivity contribution < 1.29 is 14.6 Å². The smallest absolute Gasteiger partial charge is 0.252 e. The van der Waals surface area contributed by atoms with Crippen molar-refractivity contribution in [1.82, 2.24) is 5.32 Å². The third kappa shape index (κ3) is 6.94. The largest absolute Gasteiger partial charge is 0.384 e. The SMILES string of the molecule is CC(C)CCOCCNC(=O)c1ccccc1C#CCO. The lowest BCUT2D eigenvalue weighted by Gasteiger charge is -2.08. The van der Waals surface area contributed by atoms with Crippen molar-refractivity contribution in [2.45, 2.75) is 20.3 Å². The average molecular weight is 289 g/mol. The van der Waals surface area contributed by atoms with Crippen molar-refractivity contribution in [3.05, 3.63) is 35.4 Å². The Bertz CT molecular complexity index is 500. The van der Waals surface area contributed by atoms with E-state index in [1.165, 1.54) is 0 Å². The maximum atomic E-state index is 12.1. The van der Waals surface area contributed by atoms with E-state index in [2.05, 4.69) is 31.0 Å². The van der Waals surface area contributed by atoms with Crippen LogP contribution in [0, 0.1) is 17.8 Å². The summed E-state index contributed by atoms with van der Waals surface area (Å²) in [6.07, 6.45) is 1.02. The molecule has 0 aromatic heterocycles. The van der Waals surface area contributed by atoms with Crippen LogP contribution >= 0.6 is 0 Å². The van der Waals surface area contributed by atoms with E-state index in [-0.39, 0.29) is 12.5 Å². The van der Waals surface area contributed by atoms with E-state index in [1.54, 1.807) is 18.2 Å². The van der Waals surface area contributed by atoms with Gasteiger partial charge in [-0.2, -0.15) is 0 Å². The molecule has 0 saturated heterocycles. The highest BCUT2D eigenvalue weighted by Crippen LogP contribution is 2.07. The summed E-state index contributed by atoms with van der Waals surface area (Å²) in [5.74, 6) is 5.78. The van der Waals surface area contributed by atoms with Gasteiger partial charge in [-0.1, -0.05) is 37.8 Å². The number of aliphatic hydroxyl groups is 1. The van der Waals surface area contributed by atoms with E-state index in [0.717, 1.165) is 6.42 Å². The van der Waals surface area contributed by atoms with Gasteiger partial charge < -0.3 is 15.2 Å². The molecule has 1 amide bonds. The predicted octanol–water partition coefficient (Wildman–Crippen LogP) is 1.82. The topological polar surface area (TPSA) is 58.6 Å². The highest BCUT2D eigenvalue weighted by Gasteiger charge is 2.08. The van der Waals surface area contributed by atoms with Crippen LogP contribution in [-0.4, -0.2) is 37.4 Å². The summed E-state index contributed by atoms with van der Waals surface area (Å²) in [6.45, 7) is 5.76. The Balaban J connectivity index is 2.42. The number of hydrogen-bond donors (Lipinski definition) is 2. The third-order valence-electron chi connectivity index (χ3n) is 2.85. The molecule has 0 aliphatic rings. The van der Waals surface area contributed by atoms with Crippen molar-refractivity contribution >= 4 is 5.91 Å². The van der Waals surface area contributed by atoms with Crippen molar-refractivity contribution in [3.63, 3.8) is 0 Å². The van der Waals surface area contributed by atoms with Crippen LogP contribution in [0.5, 0.6) is 0 Å². The number of amides is 1. The van der Waals surface area contributed by atoms with Crippen LogP contribution in [0.1, 0.15) is 36.2 Å². The first-order valence-corrected chi connectivity index (χ1v) is 7.20. The van der Waals surface area contributed by atoms with Gasteiger partial charge in [0.1, 0.15) is 6.61 Å². The second-order valence-corrected chi connectivity index (χ2v) is 5.06. The molecule has 0 radical (unpaired) electrons. The molecule has 1 aromatic carbocycles. The molecule has 4 heteroatoms. The summed E-state index contributed by atoms with van der Waals surface area (Å²) >= 11 is 0. The molecule has 0 unspecified atom stereocenters. The molecule has 114 valence electrons. The summed E-state index contributed by atoms with van der Waals surface area (Å²) < 4.78 is 5.45. The number of carbonyl (C=O) groups is 1. The fourth-order valence-electron chi connectivity index (χ4n) is 1.68. The van der Waals surface area contributed by atoms with Crippen molar-refractivity contribution in [2.75, 3.05) is 26.4 Å². The quantitative estimate of drug-likeness (QED) is 0.594. The lowest BCUT2D eigenvalue weighted by atomic mass is 10.1. The monoisotopic (exact) mass is 289 g/mol. The lowest BCUT2D eigenvalue weighted by molar-refractivity contribution is 0.0905. The fourth-order valence-corrected chi connectivity index (χ4v) is 1.68. The van der Waals surface area contributed by atoms with Gasteiger partial charge in [-0.25, -0.2) is 0 Å². The highest BCUT2D eigenvalue weighted by atomic mass is 16.5. The summed E-state index contributed by atoms with van der Waals surface area (Å²) in [6, 6.07) is 7.08. The predicted molar refractivity (Wildman–Crippen MR) is 83.0 cm³/mol. The zero-order chi connectivity index (χ0) is 15.5. The Morgan fingerprint density at radius 3 is 2.81 bits per heavy atom. The molecular weight excluding hydrogens is 266 g/mol. The van der Waals surface area contributed by atoms with Crippen LogP contribution in [0.15, 0.2) is 24.3 Å². The van der Waals surface area contributed by atoms with Gasteiger partial charge in [0.15, 0.2) is 0 Å². The summed E-state index contributed by atoms with van der Waals surface area (Å²) in [4.78, 5) is 12.1. The first-order valence-electron chi connectivity index (χ1n) is 7.20. The molecule has 1 rings (SSSR count). The van der Waals surface area contributed by atoms with Gasteiger partial charge in [0.2, 0.25) is 0 Å². The number of rotatable bonds is 7. The Kier molecular flexibility index (Phi) is 8.18. The van der Waals surface area contributed by atoms with Crippen LogP contribution in [0.3, 0.4) is 0 Å². The molecule has 0 aliphatic heterocycles. The Morgan fingerprint density at radius 2 is 2.10 bits per heavy atom. The van der Waals surface area contributed by atoms with Crippen LogP contribution in [0.2, 0.25) is 0 Å². The van der Waals surface area contributed by atoms with Gasteiger partial charge in [0.05, 0.1) is 12.2 Å². The fraction of sp³-hybridized carbons (Fsp3) is 0.471. The minimum atomic E-state index is -0.223. The van der Waals surface area contributed by atoms with E-state index in [9.17, 15) is 4.79 Å². The van der Waals surface area contributed by atoms with Gasteiger partial charge in [-0.3, -0.25) is 4.79 Å². The maximum absolute atomic E-state index is 12.1. The molecule has 0 heterocycles. The first-order chi connectivity index (χ1) is 10.1. The number of aliphatic hydroxyl groups excluding tert-OH is 1. The second kappa shape index (κ2) is 9.98. The lowest BCUT2D eigenvalue weighted by Crippen LogP contribution is -2.28. The normalized spacial score (nSPS) is 10.1. The molecule has 0 bridgehead atoms. The number of ether oxygens (including phenoxy) is 1. The van der Waals surface area contributed by atoms with E-state index in [1.807, 2.05) is 6.07 Å². The summed E-state index contributed by atoms with van der Waals surface area (Å²) in [5.41, 5.74) is 1.13. The molecule has 1 aromatic rings. The number of nitrogens with one attached hydrogen (secondary N) is 1. The van der Waals surface area contributed by atoms with Gasteiger partial charge in [0.25, 0.3) is 5.91 Å². The van der Waals surface area contributed by atoms with Crippen LogP contribution in [-0.2, 0) is 4.74 Å². The molecule has 4 nitrogen and oxygen atoms in total. The Morgan fingerprint density at radius 1 is 1.33 bits per heavy atom. The van der Waals surface area contributed by atoms with Gasteiger partial charge >= 0.3 is 0 Å². The minimum absolute atomic E-state index is 0.176. The van der Waals surface area contributed by atoms with Crippen LogP contribution in [0.4, 0.5) is 0 Å². The van der Waals surface area contributed by atoms with Crippen molar-refractivity contribution in [2.24, 2.45) is 5.92 Å². The first kappa shape index (κ1) is 17.2. The van der Waals surface area contributed by atoms with Crippen molar-refractivity contribution in [3.8, 4) is 11.8 Å².